The molecule has 0 spiro atoms. The molecular formula is C32H28FN7O5. The van der Waals surface area contributed by atoms with E-state index in [1.807, 2.05) is 6.92 Å². The van der Waals surface area contributed by atoms with E-state index in [9.17, 15) is 23.6 Å². The Kier molecular flexibility index (Phi) is 7.36. The maximum Gasteiger partial charge on any atom is 0.290 e. The van der Waals surface area contributed by atoms with Crippen molar-refractivity contribution in [2.24, 2.45) is 14.1 Å². The molecule has 12 nitrogen and oxygen atoms in total. The number of hydrogen-bond donors (Lipinski definition) is 2. The zero-order valence-electron chi connectivity index (χ0n) is 24.8. The summed E-state index contributed by atoms with van der Waals surface area (Å²) < 4.78 is 22.9. The van der Waals surface area contributed by atoms with E-state index in [0.717, 1.165) is 10.8 Å². The van der Waals surface area contributed by atoms with Crippen LogP contribution in [0.2, 0.25) is 0 Å². The molecule has 0 aliphatic carbocycles. The predicted molar refractivity (Wildman–Crippen MR) is 164 cm³/mol. The molecule has 1 aliphatic rings. The molecule has 228 valence electrons. The smallest absolute Gasteiger partial charge is 0.290 e. The monoisotopic (exact) mass is 609 g/mol. The van der Waals surface area contributed by atoms with Gasteiger partial charge in [-0.05, 0) is 49.2 Å². The van der Waals surface area contributed by atoms with E-state index in [1.165, 1.54) is 18.0 Å². The molecule has 1 aliphatic heterocycles. The highest BCUT2D eigenvalue weighted by molar-refractivity contribution is 6.15. The van der Waals surface area contributed by atoms with Crippen LogP contribution < -0.4 is 21.1 Å². The van der Waals surface area contributed by atoms with Gasteiger partial charge in [-0.3, -0.25) is 23.9 Å². The number of anilines is 3. The molecule has 6 rings (SSSR count). The van der Waals surface area contributed by atoms with Crippen LogP contribution >= 0.6 is 0 Å². The fourth-order valence-electron chi connectivity index (χ4n) is 5.61. The Morgan fingerprint density at radius 1 is 1.00 bits per heavy atom. The number of fused-ring (bicyclic) bond motifs is 1. The second-order valence-electron chi connectivity index (χ2n) is 10.6. The van der Waals surface area contributed by atoms with Gasteiger partial charge in [0.15, 0.2) is 5.82 Å². The molecule has 2 N–H and O–H groups in total. The first-order chi connectivity index (χ1) is 21.5. The molecule has 2 aromatic carbocycles. The Morgan fingerprint density at radius 2 is 1.76 bits per heavy atom. The minimum absolute atomic E-state index is 0.0339. The summed E-state index contributed by atoms with van der Waals surface area (Å²) in [6.45, 7) is 3.54. The lowest BCUT2D eigenvalue weighted by atomic mass is 10.00. The highest BCUT2D eigenvalue weighted by atomic mass is 19.1. The van der Waals surface area contributed by atoms with Crippen LogP contribution in [0.25, 0.3) is 11.1 Å². The van der Waals surface area contributed by atoms with E-state index in [-0.39, 0.29) is 28.1 Å². The van der Waals surface area contributed by atoms with Gasteiger partial charge in [0.1, 0.15) is 11.5 Å². The van der Waals surface area contributed by atoms with Crippen molar-refractivity contribution >= 4 is 34.9 Å². The number of carbonyl (C=O) groups is 3. The normalized spacial score (nSPS) is 14.0. The Balaban J connectivity index is 1.28. The minimum Gasteiger partial charge on any atom is -0.381 e. The lowest BCUT2D eigenvalue weighted by molar-refractivity contribution is 0.0987. The summed E-state index contributed by atoms with van der Waals surface area (Å²) in [6, 6.07) is 15.1. The first-order valence-corrected chi connectivity index (χ1v) is 14.1. The van der Waals surface area contributed by atoms with E-state index in [1.54, 1.807) is 73.4 Å². The summed E-state index contributed by atoms with van der Waals surface area (Å²) in [7, 11) is 3.25. The average molecular weight is 610 g/mol. The van der Waals surface area contributed by atoms with Crippen LogP contribution in [0.5, 0.6) is 0 Å². The first-order valence-electron chi connectivity index (χ1n) is 14.1. The van der Waals surface area contributed by atoms with Crippen LogP contribution in [-0.4, -0.2) is 37.2 Å². The second-order valence-corrected chi connectivity index (χ2v) is 10.6. The minimum atomic E-state index is -0.978. The Labute approximate surface area is 256 Å². The standard InChI is InChI=1S/C32H28FN7O5/c1-5-23-27-22(31(43)40(23)21-11-9-18(10-12-21)26-17(2)45-39(4)32(26)44)16-24(33)35-28(27)30(42)34-20-8-6-7-19(15-20)29(41)36-25-13-14-38(3)37-25/h6-16,23H,5H2,1-4H3,(H,34,42)(H,36,37,41)/t23-/m1/s1. The van der Waals surface area contributed by atoms with Crippen LogP contribution in [0.3, 0.4) is 0 Å². The largest absolute Gasteiger partial charge is 0.381 e. The quantitative estimate of drug-likeness (QED) is 0.251. The van der Waals surface area contributed by atoms with Crippen LogP contribution in [0.15, 0.2) is 76.2 Å². The number of amides is 3. The van der Waals surface area contributed by atoms with Gasteiger partial charge in [-0.2, -0.15) is 14.2 Å². The molecule has 3 amide bonds. The number of hydrogen-bond acceptors (Lipinski definition) is 7. The van der Waals surface area contributed by atoms with Crippen molar-refractivity contribution in [1.82, 2.24) is 19.5 Å². The lowest BCUT2D eigenvalue weighted by Crippen LogP contribution is -2.28. The molecule has 13 heteroatoms. The van der Waals surface area contributed by atoms with E-state index < -0.39 is 29.7 Å². The number of nitrogens with zero attached hydrogens (tertiary/aromatic N) is 5. The lowest BCUT2D eigenvalue weighted by Gasteiger charge is -2.25. The maximum atomic E-state index is 14.8. The number of pyridine rings is 1. The van der Waals surface area contributed by atoms with Crippen molar-refractivity contribution in [2.45, 2.75) is 26.3 Å². The highest BCUT2D eigenvalue weighted by Gasteiger charge is 2.41. The van der Waals surface area contributed by atoms with Crippen LogP contribution in [0.4, 0.5) is 21.6 Å². The van der Waals surface area contributed by atoms with Crippen molar-refractivity contribution < 1.29 is 23.3 Å². The summed E-state index contributed by atoms with van der Waals surface area (Å²) in [5, 5.41) is 9.50. The van der Waals surface area contributed by atoms with Gasteiger partial charge in [0, 0.05) is 54.9 Å². The Morgan fingerprint density at radius 3 is 2.40 bits per heavy atom. The third kappa shape index (κ3) is 5.28. The van der Waals surface area contributed by atoms with Crippen LogP contribution in [-0.2, 0) is 14.1 Å². The van der Waals surface area contributed by atoms with Crippen LogP contribution in [0, 0.1) is 12.9 Å². The Bertz CT molecular complexity index is 2040. The molecule has 3 aromatic heterocycles. The fraction of sp³-hybridized carbons (Fsp3) is 0.188. The number of nitrogens with one attached hydrogen (secondary N) is 2. The molecule has 0 unspecified atom stereocenters. The van der Waals surface area contributed by atoms with E-state index in [2.05, 4.69) is 20.7 Å². The predicted octanol–water partition coefficient (Wildman–Crippen LogP) is 4.84. The molecule has 0 fully saturated rings. The molecule has 45 heavy (non-hydrogen) atoms. The third-order valence-corrected chi connectivity index (χ3v) is 7.62. The first kappa shape index (κ1) is 29.2. The van der Waals surface area contributed by atoms with Gasteiger partial charge < -0.3 is 20.1 Å². The summed E-state index contributed by atoms with van der Waals surface area (Å²) in [5.74, 6) is -1.80. The van der Waals surface area contributed by atoms with E-state index in [0.29, 0.717) is 40.4 Å². The van der Waals surface area contributed by atoms with Gasteiger partial charge in [0.25, 0.3) is 23.3 Å². The number of halogens is 1. The number of rotatable bonds is 7. The van der Waals surface area contributed by atoms with Crippen molar-refractivity contribution in [3.63, 3.8) is 0 Å². The second kappa shape index (κ2) is 11.3. The van der Waals surface area contributed by atoms with E-state index >= 15 is 0 Å². The SMILES string of the molecule is CC[C@@H]1c2c(cc(F)nc2C(=O)Nc2cccc(C(=O)Nc3ccn(C)n3)c2)C(=O)N1c1ccc(-c2c(C)on(C)c2=O)cc1. The molecule has 0 radical (unpaired) electrons. The molecular weight excluding hydrogens is 581 g/mol. The third-order valence-electron chi connectivity index (χ3n) is 7.62. The molecule has 4 heterocycles. The highest BCUT2D eigenvalue weighted by Crippen LogP contribution is 2.41. The number of aryl methyl sites for hydroxylation is 3. The Hall–Kier alpha value is -5.85. The van der Waals surface area contributed by atoms with Gasteiger partial charge in [-0.1, -0.05) is 25.1 Å². The summed E-state index contributed by atoms with van der Waals surface area (Å²) in [4.78, 5) is 57.9. The van der Waals surface area contributed by atoms with Crippen molar-refractivity contribution in [2.75, 3.05) is 15.5 Å². The molecule has 0 saturated carbocycles. The summed E-state index contributed by atoms with van der Waals surface area (Å²) >= 11 is 0. The average Bonchev–Trinajstić information content (AvgIpc) is 3.64. The van der Waals surface area contributed by atoms with Crippen LogP contribution in [0.1, 0.15) is 61.9 Å². The van der Waals surface area contributed by atoms with Crippen molar-refractivity contribution in [1.29, 1.82) is 0 Å². The maximum absolute atomic E-state index is 14.8. The number of aromatic nitrogens is 4. The van der Waals surface area contributed by atoms with E-state index in [4.69, 9.17) is 4.52 Å². The molecule has 0 saturated heterocycles. The van der Waals surface area contributed by atoms with Gasteiger partial charge in [-0.15, -0.1) is 0 Å². The van der Waals surface area contributed by atoms with Gasteiger partial charge in [0.05, 0.1) is 17.2 Å². The van der Waals surface area contributed by atoms with Crippen molar-refractivity contribution in [3.05, 3.63) is 111 Å². The fourth-order valence-corrected chi connectivity index (χ4v) is 5.61. The zero-order valence-corrected chi connectivity index (χ0v) is 24.8. The number of carbonyl (C=O) groups excluding carboxylic acids is 3. The van der Waals surface area contributed by atoms with Crippen molar-refractivity contribution in [3.8, 4) is 11.1 Å². The molecule has 0 bridgehead atoms. The summed E-state index contributed by atoms with van der Waals surface area (Å²) in [6.07, 6.45) is 2.09. The van der Waals surface area contributed by atoms with Gasteiger partial charge in [0.2, 0.25) is 5.95 Å². The number of benzene rings is 2. The zero-order chi connectivity index (χ0) is 32.0. The van der Waals surface area contributed by atoms with Gasteiger partial charge in [-0.25, -0.2) is 4.98 Å². The molecule has 1 atom stereocenters. The summed E-state index contributed by atoms with van der Waals surface area (Å²) in [5.41, 5.74) is 1.89. The topological polar surface area (TPSA) is 144 Å². The molecule has 5 aromatic rings. The van der Waals surface area contributed by atoms with Gasteiger partial charge >= 0.3 is 0 Å².